The summed E-state index contributed by atoms with van der Waals surface area (Å²) in [7, 11) is 0. The monoisotopic (exact) mass is 569 g/mol. The molecule has 0 radical (unpaired) electrons. The molecule has 4 N–H and O–H groups in total. The molecule has 4 aromatic rings. The molecule has 3 amide bonds. The van der Waals surface area contributed by atoms with Gasteiger partial charge in [-0.05, 0) is 48.6 Å². The molecule has 3 unspecified atom stereocenters. The average Bonchev–Trinajstić information content (AvgIpc) is 3.51. The summed E-state index contributed by atoms with van der Waals surface area (Å²) in [5.74, 6) is -0.702. The predicted molar refractivity (Wildman–Crippen MR) is 157 cm³/mol. The van der Waals surface area contributed by atoms with Crippen LogP contribution in [0.15, 0.2) is 78.9 Å². The molecule has 3 atom stereocenters. The lowest BCUT2D eigenvalue weighted by molar-refractivity contribution is -0.145. The van der Waals surface area contributed by atoms with Crippen molar-refractivity contribution in [2.45, 2.75) is 44.5 Å². The standard InChI is InChI=1S/C31H35N7O4/c1-21(24-13-15-26-27(18-24)35-36-34-26)33-29(39)28-19-37(31(41)42-20-23-10-6-3-7-11-23)16-17-38(28)30(40)25(32)14-12-22-8-4-2-5-9-22/h2-11,13,15,18,21,25,28H,12,14,16-17,19-20,32H2,1H3,(H,33,39)(H,34,35,36). The maximum Gasteiger partial charge on any atom is 0.410 e. The molecule has 0 bridgehead atoms. The van der Waals surface area contributed by atoms with Crippen molar-refractivity contribution in [1.29, 1.82) is 0 Å². The first-order chi connectivity index (χ1) is 20.4. The third-order valence-electron chi connectivity index (χ3n) is 7.54. The number of carbonyl (C=O) groups is 3. The molecule has 11 heteroatoms. The quantitative estimate of drug-likeness (QED) is 0.281. The number of fused-ring (bicyclic) bond motifs is 1. The van der Waals surface area contributed by atoms with E-state index in [4.69, 9.17) is 10.5 Å². The molecule has 0 aliphatic carbocycles. The third-order valence-corrected chi connectivity index (χ3v) is 7.54. The molecule has 5 rings (SSSR count). The summed E-state index contributed by atoms with van der Waals surface area (Å²) >= 11 is 0. The first kappa shape index (κ1) is 28.7. The molecule has 1 fully saturated rings. The summed E-state index contributed by atoms with van der Waals surface area (Å²) in [5, 5.41) is 13.7. The van der Waals surface area contributed by atoms with Gasteiger partial charge in [0.25, 0.3) is 0 Å². The Morgan fingerprint density at radius 2 is 1.74 bits per heavy atom. The van der Waals surface area contributed by atoms with Crippen molar-refractivity contribution in [1.82, 2.24) is 30.5 Å². The van der Waals surface area contributed by atoms with Crippen LogP contribution in [0.3, 0.4) is 0 Å². The van der Waals surface area contributed by atoms with E-state index in [9.17, 15) is 14.4 Å². The normalized spacial score (nSPS) is 16.6. The van der Waals surface area contributed by atoms with Crippen LogP contribution in [0.5, 0.6) is 0 Å². The van der Waals surface area contributed by atoms with E-state index in [-0.39, 0.29) is 44.1 Å². The molecule has 1 aliphatic rings. The number of aryl methyl sites for hydroxylation is 1. The van der Waals surface area contributed by atoms with Crippen LogP contribution in [-0.4, -0.2) is 74.8 Å². The van der Waals surface area contributed by atoms with Gasteiger partial charge in [0, 0.05) is 13.1 Å². The average molecular weight is 570 g/mol. The maximum absolute atomic E-state index is 13.7. The Hall–Kier alpha value is -4.77. The van der Waals surface area contributed by atoms with Crippen LogP contribution in [0.25, 0.3) is 11.0 Å². The zero-order valence-corrected chi connectivity index (χ0v) is 23.5. The van der Waals surface area contributed by atoms with Crippen LogP contribution in [0, 0.1) is 0 Å². The van der Waals surface area contributed by atoms with Gasteiger partial charge in [-0.2, -0.15) is 0 Å². The van der Waals surface area contributed by atoms with Gasteiger partial charge in [0.2, 0.25) is 11.8 Å². The van der Waals surface area contributed by atoms with Crippen LogP contribution >= 0.6 is 0 Å². The van der Waals surface area contributed by atoms with E-state index in [0.29, 0.717) is 18.4 Å². The summed E-state index contributed by atoms with van der Waals surface area (Å²) < 4.78 is 5.52. The van der Waals surface area contributed by atoms with E-state index < -0.39 is 18.2 Å². The summed E-state index contributed by atoms with van der Waals surface area (Å²) in [6.45, 7) is 2.35. The fraction of sp³-hybridized carbons (Fsp3) is 0.323. The fourth-order valence-electron chi connectivity index (χ4n) is 5.07. The van der Waals surface area contributed by atoms with Gasteiger partial charge >= 0.3 is 6.09 Å². The van der Waals surface area contributed by atoms with Crippen molar-refractivity contribution in [3.63, 3.8) is 0 Å². The molecule has 0 spiro atoms. The van der Waals surface area contributed by atoms with Crippen molar-refractivity contribution < 1.29 is 19.1 Å². The van der Waals surface area contributed by atoms with Crippen LogP contribution in [0.2, 0.25) is 0 Å². The van der Waals surface area contributed by atoms with E-state index in [1.54, 1.807) is 0 Å². The van der Waals surface area contributed by atoms with Crippen molar-refractivity contribution in [3.05, 3.63) is 95.6 Å². The number of hydrogen-bond acceptors (Lipinski definition) is 7. The summed E-state index contributed by atoms with van der Waals surface area (Å²) in [5.41, 5.74) is 10.6. The van der Waals surface area contributed by atoms with Crippen LogP contribution in [-0.2, 0) is 27.4 Å². The number of H-pyrrole nitrogens is 1. The molecule has 11 nitrogen and oxygen atoms in total. The highest BCUT2D eigenvalue weighted by Gasteiger charge is 2.39. The van der Waals surface area contributed by atoms with Gasteiger partial charge in [0.1, 0.15) is 18.2 Å². The van der Waals surface area contributed by atoms with Crippen LogP contribution in [0.1, 0.15) is 36.1 Å². The van der Waals surface area contributed by atoms with E-state index in [1.807, 2.05) is 85.8 Å². The first-order valence-electron chi connectivity index (χ1n) is 14.1. The van der Waals surface area contributed by atoms with Gasteiger partial charge in [-0.25, -0.2) is 4.79 Å². The number of benzene rings is 3. The number of rotatable bonds is 9. The molecule has 1 saturated heterocycles. The van der Waals surface area contributed by atoms with Gasteiger partial charge in [-0.15, -0.1) is 5.10 Å². The number of nitrogens with one attached hydrogen (secondary N) is 2. The molecular formula is C31H35N7O4. The number of piperazine rings is 1. The Bertz CT molecular complexity index is 1510. The van der Waals surface area contributed by atoms with Crippen molar-refractivity contribution in [2.75, 3.05) is 19.6 Å². The summed E-state index contributed by atoms with van der Waals surface area (Å²) in [6, 6.07) is 22.6. The topological polar surface area (TPSA) is 147 Å². The highest BCUT2D eigenvalue weighted by atomic mass is 16.6. The molecule has 0 saturated carbocycles. The van der Waals surface area contributed by atoms with Gasteiger partial charge in [-0.3, -0.25) is 14.7 Å². The number of aromatic nitrogens is 3. The molecule has 218 valence electrons. The Balaban J connectivity index is 1.28. The van der Waals surface area contributed by atoms with Gasteiger partial charge in [-0.1, -0.05) is 71.9 Å². The maximum atomic E-state index is 13.7. The lowest BCUT2D eigenvalue weighted by Gasteiger charge is -2.41. The Kier molecular flexibility index (Phi) is 9.08. The van der Waals surface area contributed by atoms with Crippen molar-refractivity contribution in [3.8, 4) is 0 Å². The highest BCUT2D eigenvalue weighted by molar-refractivity contribution is 5.91. The van der Waals surface area contributed by atoms with E-state index in [1.165, 1.54) is 9.80 Å². The Morgan fingerprint density at radius 1 is 1.02 bits per heavy atom. The zero-order chi connectivity index (χ0) is 29.5. The molecule has 2 heterocycles. The highest BCUT2D eigenvalue weighted by Crippen LogP contribution is 2.20. The number of ether oxygens (including phenoxy) is 1. The predicted octanol–water partition coefficient (Wildman–Crippen LogP) is 2.94. The van der Waals surface area contributed by atoms with Gasteiger partial charge < -0.3 is 25.6 Å². The minimum atomic E-state index is -0.934. The van der Waals surface area contributed by atoms with Crippen molar-refractivity contribution >= 4 is 28.9 Å². The lowest BCUT2D eigenvalue weighted by atomic mass is 10.0. The smallest absolute Gasteiger partial charge is 0.410 e. The van der Waals surface area contributed by atoms with E-state index >= 15 is 0 Å². The zero-order valence-electron chi connectivity index (χ0n) is 23.5. The third kappa shape index (κ3) is 6.92. The fourth-order valence-corrected chi connectivity index (χ4v) is 5.07. The second-order valence-corrected chi connectivity index (χ2v) is 10.5. The minimum absolute atomic E-state index is 0.00829. The Labute approximate surface area is 244 Å². The lowest BCUT2D eigenvalue weighted by Crippen LogP contribution is -2.63. The molecule has 3 aromatic carbocycles. The largest absolute Gasteiger partial charge is 0.445 e. The number of nitrogens with zero attached hydrogens (tertiary/aromatic N) is 4. The van der Waals surface area contributed by atoms with Crippen molar-refractivity contribution in [2.24, 2.45) is 5.73 Å². The number of amides is 3. The second kappa shape index (κ2) is 13.3. The second-order valence-electron chi connectivity index (χ2n) is 10.5. The number of aromatic amines is 1. The first-order valence-corrected chi connectivity index (χ1v) is 14.1. The molecule has 1 aromatic heterocycles. The van der Waals surface area contributed by atoms with Crippen LogP contribution in [0.4, 0.5) is 4.79 Å². The number of hydrogen-bond donors (Lipinski definition) is 3. The van der Waals surface area contributed by atoms with Gasteiger partial charge in [0.05, 0.1) is 24.1 Å². The number of carbonyl (C=O) groups excluding carboxylic acids is 3. The summed E-state index contributed by atoms with van der Waals surface area (Å²) in [4.78, 5) is 43.2. The number of nitrogens with two attached hydrogens (primary N) is 1. The van der Waals surface area contributed by atoms with E-state index in [0.717, 1.165) is 22.2 Å². The van der Waals surface area contributed by atoms with Crippen LogP contribution < -0.4 is 11.1 Å². The van der Waals surface area contributed by atoms with E-state index in [2.05, 4.69) is 20.7 Å². The molecule has 1 aliphatic heterocycles. The Morgan fingerprint density at radius 3 is 2.48 bits per heavy atom. The molecule has 42 heavy (non-hydrogen) atoms. The summed E-state index contributed by atoms with van der Waals surface area (Å²) in [6.07, 6.45) is 0.532. The van der Waals surface area contributed by atoms with Gasteiger partial charge in [0.15, 0.2) is 0 Å². The minimum Gasteiger partial charge on any atom is -0.445 e. The molecular weight excluding hydrogens is 534 g/mol. The SMILES string of the molecule is CC(NC(=O)C1CN(C(=O)OCc2ccccc2)CCN1C(=O)C(N)CCc1ccccc1)c1ccc2[nH]nnc2c1.